The molecular formula is C22H28IN3O3. The smallest absolute Gasteiger partial charge is 0.195 e. The summed E-state index contributed by atoms with van der Waals surface area (Å²) in [7, 11) is 0. The second-order valence-electron chi connectivity index (χ2n) is 6.89. The first kappa shape index (κ1) is 21.5. The zero-order chi connectivity index (χ0) is 19.2. The molecule has 7 heteroatoms. The normalized spacial score (nSPS) is 14.9. The van der Waals surface area contributed by atoms with E-state index in [1.54, 1.807) is 0 Å². The van der Waals surface area contributed by atoms with E-state index in [0.717, 1.165) is 61.3 Å². The highest BCUT2D eigenvalue weighted by Gasteiger charge is 2.13. The molecule has 0 amide bonds. The van der Waals surface area contributed by atoms with Crippen LogP contribution in [-0.4, -0.2) is 38.9 Å². The van der Waals surface area contributed by atoms with Crippen LogP contribution in [0.5, 0.6) is 17.2 Å². The number of anilines is 1. The maximum Gasteiger partial charge on any atom is 0.195 e. The number of benzene rings is 2. The van der Waals surface area contributed by atoms with E-state index in [9.17, 15) is 0 Å². The Hall–Kier alpha value is -2.16. The van der Waals surface area contributed by atoms with Crippen molar-refractivity contribution in [1.29, 1.82) is 0 Å². The van der Waals surface area contributed by atoms with Gasteiger partial charge in [0.05, 0.1) is 19.8 Å². The van der Waals surface area contributed by atoms with Crippen LogP contribution in [0.1, 0.15) is 24.5 Å². The van der Waals surface area contributed by atoms with Gasteiger partial charge in [-0.3, -0.25) is 4.99 Å². The van der Waals surface area contributed by atoms with Gasteiger partial charge in [-0.05, 0) is 42.7 Å². The maximum atomic E-state index is 5.77. The van der Waals surface area contributed by atoms with Crippen molar-refractivity contribution in [3.05, 3.63) is 47.5 Å². The Morgan fingerprint density at radius 1 is 0.966 bits per heavy atom. The van der Waals surface area contributed by atoms with Gasteiger partial charge >= 0.3 is 0 Å². The van der Waals surface area contributed by atoms with Crippen molar-refractivity contribution >= 4 is 35.6 Å². The molecule has 2 N–H and O–H groups in total. The van der Waals surface area contributed by atoms with Crippen LogP contribution in [0.15, 0.2) is 41.4 Å². The quantitative estimate of drug-likeness (QED) is 0.362. The largest absolute Gasteiger partial charge is 0.493 e. The molecule has 156 valence electrons. The van der Waals surface area contributed by atoms with E-state index < -0.39 is 0 Å². The van der Waals surface area contributed by atoms with Crippen molar-refractivity contribution in [3.63, 3.8) is 0 Å². The van der Waals surface area contributed by atoms with Gasteiger partial charge in [0.25, 0.3) is 0 Å². The Bertz CT molecular complexity index is 857. The summed E-state index contributed by atoms with van der Waals surface area (Å²) in [6.45, 7) is 5.73. The van der Waals surface area contributed by atoms with Crippen molar-refractivity contribution in [3.8, 4) is 17.2 Å². The molecule has 0 unspecified atom stereocenters. The first-order chi connectivity index (χ1) is 13.8. The summed E-state index contributed by atoms with van der Waals surface area (Å²) in [5, 5.41) is 6.66. The molecule has 2 aromatic rings. The lowest BCUT2D eigenvalue weighted by molar-refractivity contribution is 0.297. The van der Waals surface area contributed by atoms with Gasteiger partial charge in [0, 0.05) is 37.7 Å². The molecule has 2 aliphatic heterocycles. The number of ether oxygens (including phenoxy) is 3. The van der Waals surface area contributed by atoms with Crippen LogP contribution < -0.4 is 24.8 Å². The van der Waals surface area contributed by atoms with E-state index in [0.29, 0.717) is 19.8 Å². The number of fused-ring (bicyclic) bond motifs is 2. The van der Waals surface area contributed by atoms with E-state index in [4.69, 9.17) is 19.2 Å². The number of aliphatic imine (C=N–C) groups is 1. The van der Waals surface area contributed by atoms with Gasteiger partial charge in [-0.25, -0.2) is 0 Å². The molecule has 0 radical (unpaired) electrons. The average Bonchev–Trinajstić information content (AvgIpc) is 3.04. The molecule has 2 aliphatic rings. The van der Waals surface area contributed by atoms with Crippen molar-refractivity contribution in [2.45, 2.75) is 26.2 Å². The molecule has 0 fully saturated rings. The van der Waals surface area contributed by atoms with Gasteiger partial charge in [-0.15, -0.1) is 24.0 Å². The molecule has 0 saturated carbocycles. The fourth-order valence-corrected chi connectivity index (χ4v) is 3.38. The number of nitrogens with one attached hydrogen (secondary N) is 2. The van der Waals surface area contributed by atoms with Gasteiger partial charge in [-0.2, -0.15) is 0 Å². The Labute approximate surface area is 189 Å². The third kappa shape index (κ3) is 5.68. The van der Waals surface area contributed by atoms with Gasteiger partial charge in [0.15, 0.2) is 17.5 Å². The molecule has 0 aliphatic carbocycles. The van der Waals surface area contributed by atoms with Crippen LogP contribution in [0.25, 0.3) is 0 Å². The summed E-state index contributed by atoms with van der Waals surface area (Å²) in [4.78, 5) is 4.72. The highest BCUT2D eigenvalue weighted by atomic mass is 127. The summed E-state index contributed by atoms with van der Waals surface area (Å²) >= 11 is 0. The monoisotopic (exact) mass is 509 g/mol. The highest BCUT2D eigenvalue weighted by molar-refractivity contribution is 14.0. The fourth-order valence-electron chi connectivity index (χ4n) is 3.38. The Balaban J connectivity index is 0.00000240. The zero-order valence-corrected chi connectivity index (χ0v) is 19.0. The minimum Gasteiger partial charge on any atom is -0.493 e. The van der Waals surface area contributed by atoms with Crippen LogP contribution in [0.3, 0.4) is 0 Å². The van der Waals surface area contributed by atoms with Crippen molar-refractivity contribution < 1.29 is 14.2 Å². The van der Waals surface area contributed by atoms with Gasteiger partial charge < -0.3 is 24.8 Å². The summed E-state index contributed by atoms with van der Waals surface area (Å²) in [6.07, 6.45) is 2.79. The summed E-state index contributed by atoms with van der Waals surface area (Å²) < 4.78 is 17.0. The van der Waals surface area contributed by atoms with Gasteiger partial charge in [0.1, 0.15) is 5.75 Å². The molecule has 4 rings (SSSR count). The maximum absolute atomic E-state index is 5.77. The lowest BCUT2D eigenvalue weighted by atomic mass is 10.1. The number of hydrogen-bond donors (Lipinski definition) is 2. The van der Waals surface area contributed by atoms with E-state index >= 15 is 0 Å². The Morgan fingerprint density at radius 2 is 1.76 bits per heavy atom. The lowest BCUT2D eigenvalue weighted by Crippen LogP contribution is -2.30. The van der Waals surface area contributed by atoms with E-state index in [1.807, 2.05) is 18.2 Å². The molecule has 0 bridgehead atoms. The number of guanidine groups is 1. The molecule has 2 aromatic carbocycles. The highest BCUT2D eigenvalue weighted by Crippen LogP contribution is 2.32. The van der Waals surface area contributed by atoms with E-state index in [1.165, 1.54) is 11.1 Å². The number of rotatable bonds is 5. The summed E-state index contributed by atoms with van der Waals surface area (Å²) in [6, 6.07) is 12.3. The second kappa shape index (κ2) is 10.6. The third-order valence-electron chi connectivity index (χ3n) is 4.78. The van der Waals surface area contributed by atoms with E-state index in [2.05, 4.69) is 35.8 Å². The molecular weight excluding hydrogens is 481 g/mol. The molecule has 2 heterocycles. The van der Waals surface area contributed by atoms with Crippen molar-refractivity contribution in [2.24, 2.45) is 4.99 Å². The number of hydrogen-bond acceptors (Lipinski definition) is 4. The summed E-state index contributed by atoms with van der Waals surface area (Å²) in [5.41, 5.74) is 3.52. The number of halogens is 1. The molecule has 0 spiro atoms. The number of nitrogens with zero attached hydrogens (tertiary/aromatic N) is 1. The minimum atomic E-state index is 0. The fraction of sp³-hybridized carbons (Fsp3) is 0.409. The SMILES string of the molecule is CCNC(=NCCc1ccc2c(c1)CCO2)Nc1ccc2c(c1)OCCCO2.I. The Kier molecular flexibility index (Phi) is 7.85. The zero-order valence-electron chi connectivity index (χ0n) is 16.7. The molecule has 29 heavy (non-hydrogen) atoms. The van der Waals surface area contributed by atoms with Crippen molar-refractivity contribution in [2.75, 3.05) is 38.2 Å². The first-order valence-corrected chi connectivity index (χ1v) is 10.0. The first-order valence-electron chi connectivity index (χ1n) is 10.0. The standard InChI is InChI=1S/C22H27N3O3.HI/c1-2-23-22(24-10-8-16-4-6-19-17(14-16)9-13-28-19)25-18-5-7-20-21(15-18)27-12-3-11-26-20;/h4-7,14-15H,2-3,8-13H2,1H3,(H2,23,24,25);1H. The lowest BCUT2D eigenvalue weighted by Gasteiger charge is -2.14. The van der Waals surface area contributed by atoms with Crippen LogP contribution in [0.2, 0.25) is 0 Å². The van der Waals surface area contributed by atoms with Crippen LogP contribution in [-0.2, 0) is 12.8 Å². The topological polar surface area (TPSA) is 64.1 Å². The Morgan fingerprint density at radius 3 is 2.62 bits per heavy atom. The van der Waals surface area contributed by atoms with Crippen molar-refractivity contribution in [1.82, 2.24) is 5.32 Å². The van der Waals surface area contributed by atoms with Gasteiger partial charge in [-0.1, -0.05) is 12.1 Å². The van der Waals surface area contributed by atoms with E-state index in [-0.39, 0.29) is 24.0 Å². The molecule has 6 nitrogen and oxygen atoms in total. The predicted molar refractivity (Wildman–Crippen MR) is 126 cm³/mol. The molecule has 0 aromatic heterocycles. The minimum absolute atomic E-state index is 0. The predicted octanol–water partition coefficient (Wildman–Crippen LogP) is 4.02. The molecule has 0 saturated heterocycles. The summed E-state index contributed by atoms with van der Waals surface area (Å²) in [5.74, 6) is 3.36. The second-order valence-corrected chi connectivity index (χ2v) is 6.89. The average molecular weight is 509 g/mol. The van der Waals surface area contributed by atoms with Crippen LogP contribution >= 0.6 is 24.0 Å². The van der Waals surface area contributed by atoms with Crippen LogP contribution in [0.4, 0.5) is 5.69 Å². The third-order valence-corrected chi connectivity index (χ3v) is 4.78. The molecule has 0 atom stereocenters. The van der Waals surface area contributed by atoms with Crippen LogP contribution in [0, 0.1) is 0 Å². The van der Waals surface area contributed by atoms with Gasteiger partial charge in [0.2, 0.25) is 0 Å².